The predicted octanol–water partition coefficient (Wildman–Crippen LogP) is -0.0351. The number of aliphatic hydroxyl groups is 1. The Labute approximate surface area is 139 Å². The number of carbonyl (C=O) groups excluding carboxylic acids is 1. The van der Waals surface area contributed by atoms with Crippen LogP contribution < -0.4 is 4.74 Å². The summed E-state index contributed by atoms with van der Waals surface area (Å²) in [4.78, 5) is 26.1. The highest BCUT2D eigenvalue weighted by Gasteiger charge is 2.36. The van der Waals surface area contributed by atoms with Gasteiger partial charge in [0.2, 0.25) is 5.91 Å². The van der Waals surface area contributed by atoms with Crippen molar-refractivity contribution in [3.8, 4) is 5.75 Å². The number of carboxylic acid groups (broad SMARTS) is 1. The van der Waals surface area contributed by atoms with Crippen LogP contribution in [-0.2, 0) is 16.0 Å². The van der Waals surface area contributed by atoms with E-state index in [2.05, 4.69) is 0 Å². The van der Waals surface area contributed by atoms with Crippen LogP contribution in [0.25, 0.3) is 0 Å². The maximum absolute atomic E-state index is 13.7. The molecule has 1 aromatic rings. The number of methoxy groups -OCH3 is 1. The van der Waals surface area contributed by atoms with Crippen LogP contribution in [0.2, 0.25) is 0 Å². The van der Waals surface area contributed by atoms with E-state index < -0.39 is 23.9 Å². The number of likely N-dealkylation sites (N-methyl/N-ethyl adjacent to an activating group) is 1. The molecule has 1 aromatic carbocycles. The Hall–Kier alpha value is -2.19. The lowest BCUT2D eigenvalue weighted by atomic mass is 10.1. The fourth-order valence-electron chi connectivity index (χ4n) is 2.84. The van der Waals surface area contributed by atoms with Crippen molar-refractivity contribution in [3.63, 3.8) is 0 Å². The Morgan fingerprint density at radius 1 is 1.42 bits per heavy atom. The van der Waals surface area contributed by atoms with Gasteiger partial charge in [-0.3, -0.25) is 14.5 Å². The van der Waals surface area contributed by atoms with Gasteiger partial charge in [0.15, 0.2) is 11.6 Å². The molecular weight excluding hydrogens is 319 g/mol. The molecule has 0 saturated carbocycles. The number of amides is 1. The zero-order chi connectivity index (χ0) is 17.9. The fraction of sp³-hybridized carbons (Fsp3) is 0.500. The molecule has 1 fully saturated rings. The first kappa shape index (κ1) is 18.2. The van der Waals surface area contributed by atoms with Gasteiger partial charge in [0.1, 0.15) is 0 Å². The van der Waals surface area contributed by atoms with Gasteiger partial charge in [-0.15, -0.1) is 0 Å². The standard InChI is InChI=1S/C16H21FN2O5/c1-18(9-16(22)23)12-7-19(8-13(12)20)15(21)6-10-3-4-14(24-2)11(17)5-10/h3-5,12-13,20H,6-9H2,1-2H3,(H,22,23)/t12-,13+/m0/s1. The molecule has 7 nitrogen and oxygen atoms in total. The van der Waals surface area contributed by atoms with Gasteiger partial charge in [-0.2, -0.15) is 0 Å². The van der Waals surface area contributed by atoms with Crippen molar-refractivity contribution >= 4 is 11.9 Å². The number of hydrogen-bond acceptors (Lipinski definition) is 5. The summed E-state index contributed by atoms with van der Waals surface area (Å²) < 4.78 is 18.5. The minimum Gasteiger partial charge on any atom is -0.494 e. The molecule has 0 unspecified atom stereocenters. The first-order valence-electron chi connectivity index (χ1n) is 7.52. The van der Waals surface area contributed by atoms with Gasteiger partial charge in [0.05, 0.1) is 32.2 Å². The lowest BCUT2D eigenvalue weighted by Crippen LogP contribution is -2.43. The fourth-order valence-corrected chi connectivity index (χ4v) is 2.84. The number of carboxylic acids is 1. The highest BCUT2D eigenvalue weighted by atomic mass is 19.1. The number of aliphatic hydroxyl groups excluding tert-OH is 1. The van der Waals surface area contributed by atoms with Gasteiger partial charge in [0, 0.05) is 13.1 Å². The second-order valence-electron chi connectivity index (χ2n) is 5.89. The highest BCUT2D eigenvalue weighted by molar-refractivity contribution is 5.79. The van der Waals surface area contributed by atoms with E-state index in [1.165, 1.54) is 29.0 Å². The molecule has 24 heavy (non-hydrogen) atoms. The molecule has 1 saturated heterocycles. The summed E-state index contributed by atoms with van der Waals surface area (Å²) in [6, 6.07) is 3.88. The van der Waals surface area contributed by atoms with Gasteiger partial charge < -0.3 is 19.8 Å². The summed E-state index contributed by atoms with van der Waals surface area (Å²) in [6.45, 7) is 0.155. The zero-order valence-electron chi connectivity index (χ0n) is 13.6. The minimum atomic E-state index is -0.997. The normalized spacial score (nSPS) is 20.5. The third-order valence-corrected chi connectivity index (χ3v) is 4.13. The summed E-state index contributed by atoms with van der Waals surface area (Å²) >= 11 is 0. The molecular formula is C16H21FN2O5. The number of benzene rings is 1. The first-order valence-corrected chi connectivity index (χ1v) is 7.52. The lowest BCUT2D eigenvalue weighted by molar-refractivity contribution is -0.138. The molecule has 1 aliphatic heterocycles. The largest absolute Gasteiger partial charge is 0.494 e. The highest BCUT2D eigenvalue weighted by Crippen LogP contribution is 2.20. The quantitative estimate of drug-likeness (QED) is 0.756. The smallest absolute Gasteiger partial charge is 0.317 e. The molecule has 132 valence electrons. The first-order chi connectivity index (χ1) is 11.3. The van der Waals surface area contributed by atoms with Crippen LogP contribution >= 0.6 is 0 Å². The van der Waals surface area contributed by atoms with Crippen LogP contribution in [0.15, 0.2) is 18.2 Å². The Morgan fingerprint density at radius 2 is 2.12 bits per heavy atom. The molecule has 8 heteroatoms. The van der Waals surface area contributed by atoms with Crippen LogP contribution in [0.1, 0.15) is 5.56 Å². The number of β-amino-alcohol motifs (C(OH)–C–C–N with tert-alkyl or cyclic N) is 1. The van der Waals surface area contributed by atoms with Crippen LogP contribution in [-0.4, -0.2) is 77.8 Å². The number of aliphatic carboxylic acids is 1. The summed E-state index contributed by atoms with van der Waals surface area (Å²) in [6.07, 6.45) is -0.811. The number of rotatable bonds is 6. The molecule has 0 radical (unpaired) electrons. The van der Waals surface area contributed by atoms with Crippen molar-refractivity contribution in [3.05, 3.63) is 29.6 Å². The second kappa shape index (κ2) is 7.59. The molecule has 0 bridgehead atoms. The average Bonchev–Trinajstić information content (AvgIpc) is 2.89. The number of ether oxygens (including phenoxy) is 1. The monoisotopic (exact) mass is 340 g/mol. The van der Waals surface area contributed by atoms with E-state index in [-0.39, 0.29) is 37.7 Å². The maximum Gasteiger partial charge on any atom is 0.317 e. The zero-order valence-corrected chi connectivity index (χ0v) is 13.6. The van der Waals surface area contributed by atoms with Crippen molar-refractivity contribution in [2.24, 2.45) is 0 Å². The van der Waals surface area contributed by atoms with Crippen LogP contribution in [0.4, 0.5) is 4.39 Å². The summed E-state index contributed by atoms with van der Waals surface area (Å²) in [7, 11) is 2.96. The van der Waals surface area contributed by atoms with E-state index >= 15 is 0 Å². The minimum absolute atomic E-state index is 0.00298. The van der Waals surface area contributed by atoms with Crippen molar-refractivity contribution in [1.82, 2.24) is 9.80 Å². The second-order valence-corrected chi connectivity index (χ2v) is 5.89. The summed E-state index contributed by atoms with van der Waals surface area (Å²) in [5.74, 6) is -1.67. The van der Waals surface area contributed by atoms with Gasteiger partial charge in [-0.05, 0) is 24.7 Å². The van der Waals surface area contributed by atoms with Crippen LogP contribution in [0.3, 0.4) is 0 Å². The van der Waals surface area contributed by atoms with Gasteiger partial charge >= 0.3 is 5.97 Å². The lowest BCUT2D eigenvalue weighted by Gasteiger charge is -2.24. The Kier molecular flexibility index (Phi) is 5.74. The molecule has 1 heterocycles. The van der Waals surface area contributed by atoms with Crippen LogP contribution in [0, 0.1) is 5.82 Å². The van der Waals surface area contributed by atoms with Crippen molar-refractivity contribution in [2.45, 2.75) is 18.6 Å². The topological polar surface area (TPSA) is 90.3 Å². The number of likely N-dealkylation sites (tertiary alicyclic amines) is 1. The van der Waals surface area contributed by atoms with E-state index in [1.54, 1.807) is 13.1 Å². The third kappa shape index (κ3) is 4.21. The average molecular weight is 340 g/mol. The molecule has 0 spiro atoms. The molecule has 0 aliphatic carbocycles. The molecule has 2 rings (SSSR count). The van der Waals surface area contributed by atoms with E-state index in [9.17, 15) is 19.1 Å². The van der Waals surface area contributed by atoms with E-state index in [1.807, 2.05) is 0 Å². The van der Waals surface area contributed by atoms with Crippen molar-refractivity contribution < 1.29 is 28.9 Å². The molecule has 0 aromatic heterocycles. The van der Waals surface area contributed by atoms with Crippen LogP contribution in [0.5, 0.6) is 5.75 Å². The number of nitrogens with zero attached hydrogens (tertiary/aromatic N) is 2. The SMILES string of the molecule is COc1ccc(CC(=O)N2C[C@@H](O)[C@@H](N(C)CC(=O)O)C2)cc1F. The van der Waals surface area contributed by atoms with E-state index in [0.29, 0.717) is 5.56 Å². The van der Waals surface area contributed by atoms with E-state index in [4.69, 9.17) is 9.84 Å². The summed E-state index contributed by atoms with van der Waals surface area (Å²) in [5.41, 5.74) is 0.509. The molecule has 1 amide bonds. The third-order valence-electron chi connectivity index (χ3n) is 4.13. The van der Waals surface area contributed by atoms with E-state index in [0.717, 1.165) is 0 Å². The van der Waals surface area contributed by atoms with Crippen molar-refractivity contribution in [2.75, 3.05) is 33.8 Å². The molecule has 2 atom stereocenters. The van der Waals surface area contributed by atoms with Gasteiger partial charge in [-0.1, -0.05) is 6.07 Å². The number of carbonyl (C=O) groups is 2. The number of halogens is 1. The Balaban J connectivity index is 1.98. The molecule has 1 aliphatic rings. The Morgan fingerprint density at radius 3 is 2.71 bits per heavy atom. The summed E-state index contributed by atoms with van der Waals surface area (Å²) in [5, 5.41) is 18.9. The molecule has 2 N–H and O–H groups in total. The predicted molar refractivity (Wildman–Crippen MR) is 83.3 cm³/mol. The van der Waals surface area contributed by atoms with Gasteiger partial charge in [-0.25, -0.2) is 4.39 Å². The Bertz CT molecular complexity index is 624. The van der Waals surface area contributed by atoms with Crippen molar-refractivity contribution in [1.29, 1.82) is 0 Å². The van der Waals surface area contributed by atoms with Gasteiger partial charge in [0.25, 0.3) is 0 Å². The maximum atomic E-state index is 13.7. The number of hydrogen-bond donors (Lipinski definition) is 2.